The number of rotatable bonds is 5. The molecule has 1 aromatic heterocycles. The Labute approximate surface area is 142 Å². The van der Waals surface area contributed by atoms with E-state index in [2.05, 4.69) is 15.6 Å². The summed E-state index contributed by atoms with van der Waals surface area (Å²) in [5.74, 6) is 0.563. The molecule has 0 bridgehead atoms. The van der Waals surface area contributed by atoms with Crippen LogP contribution < -0.4 is 15.4 Å². The van der Waals surface area contributed by atoms with Gasteiger partial charge in [0.2, 0.25) is 11.8 Å². The smallest absolute Gasteiger partial charge is 0.232 e. The number of pyridine rings is 1. The summed E-state index contributed by atoms with van der Waals surface area (Å²) in [4.78, 5) is 15.8. The van der Waals surface area contributed by atoms with Crippen LogP contribution in [0.4, 0.5) is 0 Å². The van der Waals surface area contributed by atoms with Crippen molar-refractivity contribution in [3.63, 3.8) is 0 Å². The lowest BCUT2D eigenvalue weighted by atomic mass is 9.99. The van der Waals surface area contributed by atoms with E-state index in [4.69, 9.17) is 16.3 Å². The Morgan fingerprint density at radius 3 is 3.00 bits per heavy atom. The standard InChI is InChI=1S/C13H18ClN3O2.2ClH/c14-11-4-2-6-17-13(11)19-8-7-16-12(18)10-3-1-5-15-9-10;;/h2,4,6,10,15H,1,3,5,7-9H2,(H,16,18);2*1H. The zero-order valence-electron chi connectivity index (χ0n) is 11.5. The summed E-state index contributed by atoms with van der Waals surface area (Å²) >= 11 is 5.90. The molecular weight excluding hydrogens is 337 g/mol. The van der Waals surface area contributed by atoms with Crippen LogP contribution in [0.25, 0.3) is 0 Å². The van der Waals surface area contributed by atoms with Crippen molar-refractivity contribution in [2.45, 2.75) is 12.8 Å². The fraction of sp³-hybridized carbons (Fsp3) is 0.538. The van der Waals surface area contributed by atoms with Gasteiger partial charge in [-0.15, -0.1) is 24.8 Å². The first kappa shape index (κ1) is 20.2. The maximum atomic E-state index is 11.8. The number of aromatic nitrogens is 1. The van der Waals surface area contributed by atoms with E-state index in [1.807, 2.05) is 0 Å². The summed E-state index contributed by atoms with van der Waals surface area (Å²) in [5, 5.41) is 6.56. The molecule has 8 heteroatoms. The summed E-state index contributed by atoms with van der Waals surface area (Å²) in [7, 11) is 0. The molecule has 0 aromatic carbocycles. The highest BCUT2D eigenvalue weighted by Gasteiger charge is 2.20. The van der Waals surface area contributed by atoms with Crippen LogP contribution in [0.3, 0.4) is 0 Å². The highest BCUT2D eigenvalue weighted by molar-refractivity contribution is 6.31. The quantitative estimate of drug-likeness (QED) is 0.793. The largest absolute Gasteiger partial charge is 0.475 e. The van der Waals surface area contributed by atoms with Gasteiger partial charge < -0.3 is 15.4 Å². The van der Waals surface area contributed by atoms with Gasteiger partial charge in [-0.3, -0.25) is 4.79 Å². The third-order valence-corrected chi connectivity index (χ3v) is 3.32. The average molecular weight is 357 g/mol. The highest BCUT2D eigenvalue weighted by Crippen LogP contribution is 2.19. The molecule has 21 heavy (non-hydrogen) atoms. The molecule has 120 valence electrons. The van der Waals surface area contributed by atoms with E-state index in [0.29, 0.717) is 24.1 Å². The maximum Gasteiger partial charge on any atom is 0.232 e. The van der Waals surface area contributed by atoms with Crippen LogP contribution in [-0.2, 0) is 4.79 Å². The van der Waals surface area contributed by atoms with E-state index >= 15 is 0 Å². The second-order valence-corrected chi connectivity index (χ2v) is 4.88. The molecule has 0 aliphatic carbocycles. The lowest BCUT2D eigenvalue weighted by Crippen LogP contribution is -2.41. The number of hydrogen-bond donors (Lipinski definition) is 2. The molecule has 1 aromatic rings. The molecule has 0 spiro atoms. The van der Waals surface area contributed by atoms with Crippen LogP contribution >= 0.6 is 36.4 Å². The van der Waals surface area contributed by atoms with Crippen LogP contribution in [-0.4, -0.2) is 37.1 Å². The van der Waals surface area contributed by atoms with E-state index in [1.165, 1.54) is 0 Å². The van der Waals surface area contributed by atoms with Crippen molar-refractivity contribution in [1.29, 1.82) is 0 Å². The number of piperidine rings is 1. The second-order valence-electron chi connectivity index (χ2n) is 4.47. The molecule has 1 saturated heterocycles. The average Bonchev–Trinajstić information content (AvgIpc) is 2.46. The minimum absolute atomic E-state index is 0. The van der Waals surface area contributed by atoms with Crippen LogP contribution in [0.1, 0.15) is 12.8 Å². The van der Waals surface area contributed by atoms with Crippen molar-refractivity contribution in [1.82, 2.24) is 15.6 Å². The zero-order valence-corrected chi connectivity index (χ0v) is 13.9. The van der Waals surface area contributed by atoms with Crippen molar-refractivity contribution in [3.05, 3.63) is 23.4 Å². The topological polar surface area (TPSA) is 63.2 Å². The summed E-state index contributed by atoms with van der Waals surface area (Å²) in [6, 6.07) is 3.46. The van der Waals surface area contributed by atoms with E-state index < -0.39 is 0 Å². The Morgan fingerprint density at radius 1 is 1.52 bits per heavy atom. The molecule has 0 radical (unpaired) electrons. The Kier molecular flexibility index (Phi) is 10.5. The fourth-order valence-electron chi connectivity index (χ4n) is 2.02. The minimum atomic E-state index is 0. The normalized spacial score (nSPS) is 17.1. The first-order valence-electron chi connectivity index (χ1n) is 6.49. The summed E-state index contributed by atoms with van der Waals surface area (Å²) in [5.41, 5.74) is 0. The Hall–Kier alpha value is -0.750. The number of carbonyl (C=O) groups is 1. The first-order chi connectivity index (χ1) is 9.27. The molecule has 1 amide bonds. The van der Waals surface area contributed by atoms with Crippen molar-refractivity contribution < 1.29 is 9.53 Å². The van der Waals surface area contributed by atoms with Gasteiger partial charge in [0, 0.05) is 12.7 Å². The van der Waals surface area contributed by atoms with Gasteiger partial charge in [-0.05, 0) is 31.5 Å². The van der Waals surface area contributed by atoms with Crippen LogP contribution in [0.2, 0.25) is 5.02 Å². The second kappa shape index (κ2) is 10.9. The van der Waals surface area contributed by atoms with Crippen LogP contribution in [0.5, 0.6) is 5.88 Å². The maximum absolute atomic E-state index is 11.8. The Balaban J connectivity index is 0.00000200. The lowest BCUT2D eigenvalue weighted by Gasteiger charge is -2.21. The number of amides is 1. The van der Waals surface area contributed by atoms with E-state index in [-0.39, 0.29) is 36.6 Å². The number of hydrogen-bond acceptors (Lipinski definition) is 4. The molecule has 1 atom stereocenters. The Morgan fingerprint density at radius 2 is 2.33 bits per heavy atom. The van der Waals surface area contributed by atoms with Crippen molar-refractivity contribution in [3.8, 4) is 5.88 Å². The van der Waals surface area contributed by atoms with Crippen molar-refractivity contribution in [2.24, 2.45) is 5.92 Å². The van der Waals surface area contributed by atoms with Crippen LogP contribution in [0, 0.1) is 5.92 Å². The van der Waals surface area contributed by atoms with Gasteiger partial charge in [-0.2, -0.15) is 0 Å². The van der Waals surface area contributed by atoms with Gasteiger partial charge in [0.1, 0.15) is 11.6 Å². The fourth-order valence-corrected chi connectivity index (χ4v) is 2.20. The molecule has 1 aliphatic heterocycles. The van der Waals surface area contributed by atoms with Gasteiger partial charge in [0.15, 0.2) is 0 Å². The minimum Gasteiger partial charge on any atom is -0.475 e. The molecule has 5 nitrogen and oxygen atoms in total. The summed E-state index contributed by atoms with van der Waals surface area (Å²) in [6.07, 6.45) is 3.62. The van der Waals surface area contributed by atoms with Gasteiger partial charge in [0.25, 0.3) is 0 Å². The van der Waals surface area contributed by atoms with E-state index in [9.17, 15) is 4.79 Å². The number of ether oxygens (including phenoxy) is 1. The summed E-state index contributed by atoms with van der Waals surface area (Å²) in [6.45, 7) is 2.59. The third-order valence-electron chi connectivity index (χ3n) is 3.03. The van der Waals surface area contributed by atoms with Gasteiger partial charge in [-0.25, -0.2) is 4.98 Å². The first-order valence-corrected chi connectivity index (χ1v) is 6.87. The van der Waals surface area contributed by atoms with Crippen LogP contribution in [0.15, 0.2) is 18.3 Å². The molecule has 1 fully saturated rings. The van der Waals surface area contributed by atoms with Crippen molar-refractivity contribution >= 4 is 42.3 Å². The summed E-state index contributed by atoms with van der Waals surface area (Å²) < 4.78 is 5.40. The van der Waals surface area contributed by atoms with Crippen molar-refractivity contribution in [2.75, 3.05) is 26.2 Å². The number of carbonyl (C=O) groups excluding carboxylic acids is 1. The number of nitrogens with one attached hydrogen (secondary N) is 2. The lowest BCUT2D eigenvalue weighted by molar-refractivity contribution is -0.125. The van der Waals surface area contributed by atoms with Gasteiger partial charge in [-0.1, -0.05) is 11.6 Å². The molecule has 1 unspecified atom stereocenters. The molecular formula is C13H20Cl3N3O2. The van der Waals surface area contributed by atoms with E-state index in [1.54, 1.807) is 18.3 Å². The molecule has 2 rings (SSSR count). The Bertz CT molecular complexity index is 429. The number of halogens is 3. The van der Waals surface area contributed by atoms with Gasteiger partial charge in [0.05, 0.1) is 12.5 Å². The SMILES string of the molecule is Cl.Cl.O=C(NCCOc1ncccc1Cl)C1CCCNC1. The molecule has 1 aliphatic rings. The monoisotopic (exact) mass is 355 g/mol. The predicted molar refractivity (Wildman–Crippen MR) is 87.8 cm³/mol. The molecule has 2 heterocycles. The molecule has 0 saturated carbocycles. The van der Waals surface area contributed by atoms with E-state index in [0.717, 1.165) is 25.9 Å². The highest BCUT2D eigenvalue weighted by atomic mass is 35.5. The third kappa shape index (κ3) is 6.70. The molecule has 2 N–H and O–H groups in total. The predicted octanol–water partition coefficient (Wildman–Crippen LogP) is 2.07. The van der Waals surface area contributed by atoms with Gasteiger partial charge >= 0.3 is 0 Å². The zero-order chi connectivity index (χ0) is 13.5. The number of nitrogens with zero attached hydrogens (tertiary/aromatic N) is 1.